The third kappa shape index (κ3) is 4.06. The maximum Gasteiger partial charge on any atom is 0.242 e. The van der Waals surface area contributed by atoms with Gasteiger partial charge >= 0.3 is 0 Å². The fraction of sp³-hybridized carbons (Fsp3) is 0.647. The van der Waals surface area contributed by atoms with Gasteiger partial charge in [-0.15, -0.1) is 0 Å². The van der Waals surface area contributed by atoms with Crippen LogP contribution in [0.2, 0.25) is 0 Å². The van der Waals surface area contributed by atoms with Crippen molar-refractivity contribution in [3.8, 4) is 0 Å². The molecule has 124 valence electrons. The third-order valence-corrected chi connectivity index (χ3v) is 4.84. The van der Waals surface area contributed by atoms with Gasteiger partial charge in [-0.25, -0.2) is 0 Å². The lowest BCUT2D eigenvalue weighted by Crippen LogP contribution is -2.55. The van der Waals surface area contributed by atoms with Crippen molar-refractivity contribution in [2.45, 2.75) is 51.0 Å². The van der Waals surface area contributed by atoms with Crippen LogP contribution in [0, 0.1) is 0 Å². The minimum Gasteiger partial charge on any atom is -0.336 e. The molecule has 0 radical (unpaired) electrons. The summed E-state index contributed by atoms with van der Waals surface area (Å²) in [5, 5.41) is 0. The summed E-state index contributed by atoms with van der Waals surface area (Å²) in [6.45, 7) is 1.57. The summed E-state index contributed by atoms with van der Waals surface area (Å²) in [6, 6.07) is 0.396. The van der Waals surface area contributed by atoms with Crippen molar-refractivity contribution in [2.75, 3.05) is 19.6 Å². The first kappa shape index (κ1) is 15.9. The third-order valence-electron chi connectivity index (χ3n) is 4.84. The second kappa shape index (κ2) is 7.53. The molecular weight excluding hydrogens is 292 g/mol. The summed E-state index contributed by atoms with van der Waals surface area (Å²) in [5.74, 6) is 0.142. The maximum absolute atomic E-state index is 12.4. The molecule has 2 heterocycles. The first-order valence-corrected chi connectivity index (χ1v) is 8.56. The first-order chi connectivity index (χ1) is 11.2. The monoisotopic (exact) mass is 316 g/mol. The quantitative estimate of drug-likeness (QED) is 0.842. The van der Waals surface area contributed by atoms with Gasteiger partial charge in [-0.05, 0) is 19.3 Å². The zero-order chi connectivity index (χ0) is 16.1. The van der Waals surface area contributed by atoms with Crippen molar-refractivity contribution < 1.29 is 9.59 Å². The predicted molar refractivity (Wildman–Crippen MR) is 85.5 cm³/mol. The average molecular weight is 316 g/mol. The second-order valence-corrected chi connectivity index (χ2v) is 6.39. The van der Waals surface area contributed by atoms with Crippen LogP contribution in [0.5, 0.6) is 0 Å². The Bertz CT molecular complexity index is 543. The lowest BCUT2D eigenvalue weighted by atomic mass is 9.93. The largest absolute Gasteiger partial charge is 0.336 e. The van der Waals surface area contributed by atoms with E-state index >= 15 is 0 Å². The Morgan fingerprint density at radius 3 is 2.70 bits per heavy atom. The number of nitrogens with zero attached hydrogens (tertiary/aromatic N) is 4. The molecule has 2 amide bonds. The normalized spacial score (nSPS) is 19.9. The van der Waals surface area contributed by atoms with Crippen LogP contribution in [0.1, 0.15) is 44.2 Å². The number of aryl methyl sites for hydroxylation is 1. The molecule has 0 bridgehead atoms. The van der Waals surface area contributed by atoms with E-state index in [-0.39, 0.29) is 18.4 Å². The Hall–Kier alpha value is -1.98. The molecule has 1 aliphatic carbocycles. The number of hydrogen-bond acceptors (Lipinski definition) is 4. The number of amides is 2. The molecule has 1 aromatic heterocycles. The fourth-order valence-corrected chi connectivity index (χ4v) is 3.53. The van der Waals surface area contributed by atoms with Gasteiger partial charge in [0.2, 0.25) is 11.8 Å². The van der Waals surface area contributed by atoms with Gasteiger partial charge in [0, 0.05) is 44.1 Å². The smallest absolute Gasteiger partial charge is 0.242 e. The molecule has 1 aromatic rings. The van der Waals surface area contributed by atoms with Gasteiger partial charge in [0.1, 0.15) is 0 Å². The lowest BCUT2D eigenvalue weighted by Gasteiger charge is -2.40. The highest BCUT2D eigenvalue weighted by Crippen LogP contribution is 2.24. The Balaban J connectivity index is 1.48. The predicted octanol–water partition coefficient (Wildman–Crippen LogP) is 1.41. The van der Waals surface area contributed by atoms with Crippen LogP contribution in [0.4, 0.5) is 0 Å². The molecule has 0 spiro atoms. The van der Waals surface area contributed by atoms with Gasteiger partial charge in [0.05, 0.1) is 12.2 Å². The standard InChI is InChI=1S/C17H24N4O2/c22-16(7-6-14-12-18-8-9-19-14)20-10-11-21(17(23)13-20)15-4-2-1-3-5-15/h8-9,12,15H,1-7,10-11,13H2. The van der Waals surface area contributed by atoms with Crippen LogP contribution in [0.25, 0.3) is 0 Å². The summed E-state index contributed by atoms with van der Waals surface area (Å²) in [4.78, 5) is 36.6. The Morgan fingerprint density at radius 1 is 1.17 bits per heavy atom. The molecule has 2 fully saturated rings. The highest BCUT2D eigenvalue weighted by molar-refractivity contribution is 5.86. The Labute approximate surface area is 136 Å². The summed E-state index contributed by atoms with van der Waals surface area (Å²) in [5.41, 5.74) is 0.813. The van der Waals surface area contributed by atoms with Gasteiger partial charge in [-0.2, -0.15) is 0 Å². The molecule has 6 nitrogen and oxygen atoms in total. The summed E-state index contributed by atoms with van der Waals surface area (Å²) < 4.78 is 0. The first-order valence-electron chi connectivity index (χ1n) is 8.56. The average Bonchev–Trinajstić information content (AvgIpc) is 2.61. The van der Waals surface area contributed by atoms with Crippen LogP contribution < -0.4 is 0 Å². The highest BCUT2D eigenvalue weighted by atomic mass is 16.2. The zero-order valence-corrected chi connectivity index (χ0v) is 13.5. The molecule has 2 aliphatic rings. The minimum absolute atomic E-state index is 0.0345. The molecule has 0 unspecified atom stereocenters. The molecule has 3 rings (SSSR count). The van der Waals surface area contributed by atoms with E-state index < -0.39 is 0 Å². The summed E-state index contributed by atoms with van der Waals surface area (Å²) in [7, 11) is 0. The van der Waals surface area contributed by atoms with Crippen molar-refractivity contribution in [3.05, 3.63) is 24.3 Å². The Kier molecular flexibility index (Phi) is 5.20. The molecule has 0 aromatic carbocycles. The number of rotatable bonds is 4. The lowest BCUT2D eigenvalue weighted by molar-refractivity contribution is -0.147. The molecule has 1 saturated carbocycles. The molecule has 0 atom stereocenters. The van der Waals surface area contributed by atoms with E-state index in [1.807, 2.05) is 4.90 Å². The van der Waals surface area contributed by atoms with E-state index in [4.69, 9.17) is 0 Å². The van der Waals surface area contributed by atoms with Gasteiger partial charge in [0.15, 0.2) is 0 Å². The fourth-order valence-electron chi connectivity index (χ4n) is 3.53. The number of carbonyl (C=O) groups is 2. The van der Waals surface area contributed by atoms with E-state index in [0.717, 1.165) is 18.5 Å². The van der Waals surface area contributed by atoms with E-state index in [2.05, 4.69) is 9.97 Å². The Morgan fingerprint density at radius 2 is 2.00 bits per heavy atom. The summed E-state index contributed by atoms with van der Waals surface area (Å²) >= 11 is 0. The van der Waals surface area contributed by atoms with Crippen LogP contribution in [-0.4, -0.2) is 57.3 Å². The summed E-state index contributed by atoms with van der Waals surface area (Å²) in [6.07, 6.45) is 11.8. The van der Waals surface area contributed by atoms with E-state index in [1.54, 1.807) is 23.5 Å². The van der Waals surface area contributed by atoms with E-state index in [1.165, 1.54) is 19.3 Å². The highest BCUT2D eigenvalue weighted by Gasteiger charge is 2.31. The van der Waals surface area contributed by atoms with Crippen LogP contribution >= 0.6 is 0 Å². The molecular formula is C17H24N4O2. The van der Waals surface area contributed by atoms with Crippen molar-refractivity contribution in [3.63, 3.8) is 0 Å². The minimum atomic E-state index is 0.0345. The molecule has 23 heavy (non-hydrogen) atoms. The number of hydrogen-bond donors (Lipinski definition) is 0. The number of aromatic nitrogens is 2. The van der Waals surface area contributed by atoms with E-state index in [0.29, 0.717) is 32.0 Å². The van der Waals surface area contributed by atoms with E-state index in [9.17, 15) is 9.59 Å². The van der Waals surface area contributed by atoms with Gasteiger partial charge < -0.3 is 9.80 Å². The van der Waals surface area contributed by atoms with Crippen molar-refractivity contribution in [1.29, 1.82) is 0 Å². The molecule has 1 saturated heterocycles. The van der Waals surface area contributed by atoms with Crippen LogP contribution in [0.15, 0.2) is 18.6 Å². The van der Waals surface area contributed by atoms with Gasteiger partial charge in [0.25, 0.3) is 0 Å². The molecule has 0 N–H and O–H groups in total. The van der Waals surface area contributed by atoms with Crippen molar-refractivity contribution >= 4 is 11.8 Å². The van der Waals surface area contributed by atoms with Gasteiger partial charge in [-0.3, -0.25) is 19.6 Å². The maximum atomic E-state index is 12.4. The van der Waals surface area contributed by atoms with Crippen molar-refractivity contribution in [1.82, 2.24) is 19.8 Å². The van der Waals surface area contributed by atoms with Crippen molar-refractivity contribution in [2.24, 2.45) is 0 Å². The second-order valence-electron chi connectivity index (χ2n) is 6.39. The zero-order valence-electron chi connectivity index (χ0n) is 13.5. The number of piperazine rings is 1. The number of carbonyl (C=O) groups excluding carboxylic acids is 2. The van der Waals surface area contributed by atoms with Crippen LogP contribution in [-0.2, 0) is 16.0 Å². The molecule has 1 aliphatic heterocycles. The SMILES string of the molecule is O=C(CCc1cnccn1)N1CCN(C2CCCCC2)C(=O)C1. The van der Waals surface area contributed by atoms with Gasteiger partial charge in [-0.1, -0.05) is 19.3 Å². The molecule has 6 heteroatoms. The van der Waals surface area contributed by atoms with Crippen LogP contribution in [0.3, 0.4) is 0 Å². The topological polar surface area (TPSA) is 66.4 Å².